The standard InChI is InChI=1S/C16H27NO3S/c1-12-7-8-13(15(2,3)4)11-14(12)21(19,20)17-16(5,6)9-10-18/h7-8,11,17-18H,9-10H2,1-6H3. The van der Waals surface area contributed by atoms with E-state index >= 15 is 0 Å². The van der Waals surface area contributed by atoms with E-state index in [-0.39, 0.29) is 12.0 Å². The molecule has 0 radical (unpaired) electrons. The fraction of sp³-hybridized carbons (Fsp3) is 0.625. The first-order valence-electron chi connectivity index (χ1n) is 7.15. The summed E-state index contributed by atoms with van der Waals surface area (Å²) in [5.41, 5.74) is 0.903. The lowest BCUT2D eigenvalue weighted by Gasteiger charge is -2.26. The first-order valence-corrected chi connectivity index (χ1v) is 8.63. The zero-order valence-corrected chi connectivity index (χ0v) is 14.6. The Kier molecular flexibility index (Phi) is 5.24. The van der Waals surface area contributed by atoms with Gasteiger partial charge in [-0.15, -0.1) is 0 Å². The minimum Gasteiger partial charge on any atom is -0.396 e. The van der Waals surface area contributed by atoms with E-state index < -0.39 is 15.6 Å². The maximum absolute atomic E-state index is 12.6. The molecule has 0 amide bonds. The normalized spacial score (nSPS) is 13.5. The van der Waals surface area contributed by atoms with Gasteiger partial charge in [0, 0.05) is 12.1 Å². The van der Waals surface area contributed by atoms with Crippen LogP contribution in [-0.2, 0) is 15.4 Å². The first kappa shape index (κ1) is 18.1. The highest BCUT2D eigenvalue weighted by Crippen LogP contribution is 2.27. The smallest absolute Gasteiger partial charge is 0.241 e. The van der Waals surface area contributed by atoms with Gasteiger partial charge in [-0.1, -0.05) is 32.9 Å². The van der Waals surface area contributed by atoms with Crippen molar-refractivity contribution in [2.24, 2.45) is 0 Å². The van der Waals surface area contributed by atoms with Gasteiger partial charge in [-0.25, -0.2) is 13.1 Å². The predicted octanol–water partition coefficient (Wildman–Crippen LogP) is 2.73. The number of sulfonamides is 1. The SMILES string of the molecule is Cc1ccc(C(C)(C)C)cc1S(=O)(=O)NC(C)(C)CCO. The molecule has 2 N–H and O–H groups in total. The Morgan fingerprint density at radius 1 is 1.14 bits per heavy atom. The van der Waals surface area contributed by atoms with Crippen LogP contribution in [0.4, 0.5) is 0 Å². The minimum absolute atomic E-state index is 0.0590. The second kappa shape index (κ2) is 6.07. The summed E-state index contributed by atoms with van der Waals surface area (Å²) in [6.07, 6.45) is 0.365. The van der Waals surface area contributed by atoms with Gasteiger partial charge in [-0.05, 0) is 49.8 Å². The fourth-order valence-corrected chi connectivity index (χ4v) is 3.82. The molecule has 0 bridgehead atoms. The highest BCUT2D eigenvalue weighted by molar-refractivity contribution is 7.89. The van der Waals surface area contributed by atoms with E-state index in [1.165, 1.54) is 0 Å². The third kappa shape index (κ3) is 4.80. The maximum atomic E-state index is 12.6. The van der Waals surface area contributed by atoms with Crippen LogP contribution >= 0.6 is 0 Å². The quantitative estimate of drug-likeness (QED) is 0.878. The number of aliphatic hydroxyl groups is 1. The topological polar surface area (TPSA) is 66.4 Å². The molecule has 120 valence electrons. The lowest BCUT2D eigenvalue weighted by molar-refractivity contribution is 0.245. The Labute approximate surface area is 128 Å². The van der Waals surface area contributed by atoms with E-state index in [0.717, 1.165) is 11.1 Å². The van der Waals surface area contributed by atoms with Gasteiger partial charge in [0.2, 0.25) is 10.0 Å². The van der Waals surface area contributed by atoms with Crippen molar-refractivity contribution in [2.45, 2.75) is 63.8 Å². The molecule has 0 atom stereocenters. The minimum atomic E-state index is -3.61. The average molecular weight is 313 g/mol. The monoisotopic (exact) mass is 313 g/mol. The van der Waals surface area contributed by atoms with Crippen LogP contribution in [0.5, 0.6) is 0 Å². The van der Waals surface area contributed by atoms with E-state index in [4.69, 9.17) is 5.11 Å². The molecule has 5 heteroatoms. The van der Waals surface area contributed by atoms with Crippen molar-refractivity contribution in [3.8, 4) is 0 Å². The number of hydrogen-bond donors (Lipinski definition) is 2. The molecular formula is C16H27NO3S. The molecule has 1 aromatic rings. The van der Waals surface area contributed by atoms with E-state index in [1.807, 2.05) is 12.1 Å². The molecule has 1 aromatic carbocycles. The predicted molar refractivity (Wildman–Crippen MR) is 86.0 cm³/mol. The van der Waals surface area contributed by atoms with Crippen LogP contribution in [0.1, 0.15) is 52.2 Å². The number of hydrogen-bond acceptors (Lipinski definition) is 3. The zero-order chi connectivity index (χ0) is 16.5. The van der Waals surface area contributed by atoms with Gasteiger partial charge in [-0.2, -0.15) is 0 Å². The third-order valence-corrected chi connectivity index (χ3v) is 5.33. The second-order valence-corrected chi connectivity index (χ2v) is 8.84. The number of benzene rings is 1. The summed E-state index contributed by atoms with van der Waals surface area (Å²) >= 11 is 0. The van der Waals surface area contributed by atoms with Crippen LogP contribution in [0, 0.1) is 6.92 Å². The number of aryl methyl sites for hydroxylation is 1. The summed E-state index contributed by atoms with van der Waals surface area (Å²) < 4.78 is 27.9. The summed E-state index contributed by atoms with van der Waals surface area (Å²) in [5, 5.41) is 9.04. The van der Waals surface area contributed by atoms with Crippen LogP contribution < -0.4 is 4.72 Å². The largest absolute Gasteiger partial charge is 0.396 e. The van der Waals surface area contributed by atoms with E-state index in [9.17, 15) is 8.42 Å². The van der Waals surface area contributed by atoms with Gasteiger partial charge in [-0.3, -0.25) is 0 Å². The van der Waals surface area contributed by atoms with Crippen molar-refractivity contribution in [3.05, 3.63) is 29.3 Å². The lowest BCUT2D eigenvalue weighted by atomic mass is 9.87. The molecule has 0 spiro atoms. The van der Waals surface area contributed by atoms with E-state index in [0.29, 0.717) is 11.3 Å². The van der Waals surface area contributed by atoms with E-state index in [1.54, 1.807) is 26.8 Å². The molecule has 0 aromatic heterocycles. The highest BCUT2D eigenvalue weighted by Gasteiger charge is 2.28. The lowest BCUT2D eigenvalue weighted by Crippen LogP contribution is -2.44. The molecule has 0 saturated heterocycles. The third-order valence-electron chi connectivity index (χ3n) is 3.49. The summed E-state index contributed by atoms with van der Waals surface area (Å²) in [6, 6.07) is 5.55. The molecule has 0 unspecified atom stereocenters. The second-order valence-electron chi connectivity index (χ2n) is 7.19. The Morgan fingerprint density at radius 3 is 2.19 bits per heavy atom. The Hall–Kier alpha value is -0.910. The molecule has 0 aliphatic heterocycles. The van der Waals surface area contributed by atoms with Crippen molar-refractivity contribution in [1.82, 2.24) is 4.72 Å². The highest BCUT2D eigenvalue weighted by atomic mass is 32.2. The van der Waals surface area contributed by atoms with Crippen molar-refractivity contribution in [2.75, 3.05) is 6.61 Å². The zero-order valence-electron chi connectivity index (χ0n) is 13.8. The molecule has 1 rings (SSSR count). The van der Waals surface area contributed by atoms with Crippen molar-refractivity contribution in [1.29, 1.82) is 0 Å². The first-order chi connectivity index (χ1) is 9.39. The van der Waals surface area contributed by atoms with Crippen LogP contribution in [0.15, 0.2) is 23.1 Å². The van der Waals surface area contributed by atoms with Crippen molar-refractivity contribution < 1.29 is 13.5 Å². The van der Waals surface area contributed by atoms with Crippen molar-refractivity contribution in [3.63, 3.8) is 0 Å². The molecular weight excluding hydrogens is 286 g/mol. The van der Waals surface area contributed by atoms with Crippen LogP contribution in [-0.4, -0.2) is 25.7 Å². The van der Waals surface area contributed by atoms with Crippen molar-refractivity contribution >= 4 is 10.0 Å². The van der Waals surface area contributed by atoms with Gasteiger partial charge in [0.25, 0.3) is 0 Å². The molecule has 0 fully saturated rings. The van der Waals surface area contributed by atoms with E-state index in [2.05, 4.69) is 25.5 Å². The van der Waals surface area contributed by atoms with Crippen LogP contribution in [0.25, 0.3) is 0 Å². The molecule has 0 saturated carbocycles. The van der Waals surface area contributed by atoms with Gasteiger partial charge in [0.05, 0.1) is 4.90 Å². The van der Waals surface area contributed by atoms with Crippen LogP contribution in [0.2, 0.25) is 0 Å². The maximum Gasteiger partial charge on any atom is 0.241 e. The Balaban J connectivity index is 3.26. The molecule has 21 heavy (non-hydrogen) atoms. The van der Waals surface area contributed by atoms with Gasteiger partial charge >= 0.3 is 0 Å². The average Bonchev–Trinajstić information content (AvgIpc) is 2.25. The van der Waals surface area contributed by atoms with Gasteiger partial charge < -0.3 is 5.11 Å². The molecule has 4 nitrogen and oxygen atoms in total. The number of aliphatic hydroxyl groups excluding tert-OH is 1. The van der Waals surface area contributed by atoms with Gasteiger partial charge in [0.15, 0.2) is 0 Å². The molecule has 0 aliphatic rings. The summed E-state index contributed by atoms with van der Waals surface area (Å²) in [4.78, 5) is 0.306. The van der Waals surface area contributed by atoms with Gasteiger partial charge in [0.1, 0.15) is 0 Å². The molecule has 0 heterocycles. The molecule has 0 aliphatic carbocycles. The number of nitrogens with one attached hydrogen (secondary N) is 1. The Bertz CT molecular complexity index is 598. The Morgan fingerprint density at radius 2 is 1.71 bits per heavy atom. The van der Waals surface area contributed by atoms with Crippen LogP contribution in [0.3, 0.4) is 0 Å². The summed E-state index contributed by atoms with van der Waals surface area (Å²) in [7, 11) is -3.61. The summed E-state index contributed by atoms with van der Waals surface area (Å²) in [6.45, 7) is 11.4. The fourth-order valence-electron chi connectivity index (χ4n) is 2.11. The summed E-state index contributed by atoms with van der Waals surface area (Å²) in [5.74, 6) is 0. The number of rotatable bonds is 5.